The Kier molecular flexibility index (Phi) is 9.00. The monoisotopic (exact) mass is 866 g/mol. The summed E-state index contributed by atoms with van der Waals surface area (Å²) < 4.78 is 4.63. The van der Waals surface area contributed by atoms with Crippen molar-refractivity contribution in [1.82, 2.24) is 19.6 Å². The lowest BCUT2D eigenvalue weighted by atomic mass is 9.34. The van der Waals surface area contributed by atoms with E-state index >= 15 is 0 Å². The zero-order valence-corrected chi connectivity index (χ0v) is 40.3. The molecule has 0 spiro atoms. The Morgan fingerprint density at radius 1 is 0.403 bits per heavy atom. The summed E-state index contributed by atoms with van der Waals surface area (Å²) in [6.07, 6.45) is 0. The lowest BCUT2D eigenvalue weighted by Crippen LogP contribution is -2.60. The maximum Gasteiger partial charge on any atom is 0.252 e. The number of hydrogen-bond donors (Lipinski definition) is 0. The Balaban J connectivity index is 1.29. The van der Waals surface area contributed by atoms with E-state index in [2.05, 4.69) is 230 Å². The highest BCUT2D eigenvalue weighted by Crippen LogP contribution is 2.45. The molecule has 0 bridgehead atoms. The zero-order valence-electron chi connectivity index (χ0n) is 40.3. The molecule has 0 amide bonds. The quantitative estimate of drug-likeness (QED) is 0.162. The van der Waals surface area contributed by atoms with Gasteiger partial charge in [-0.15, -0.1) is 0 Å². The summed E-state index contributed by atoms with van der Waals surface area (Å²) in [4.78, 5) is 0. The van der Waals surface area contributed by atoms with Crippen molar-refractivity contribution in [2.45, 2.75) is 80.1 Å². The number of rotatable bonds is 5. The minimum absolute atomic E-state index is 0.0726. The molecular formula is C62H55BN4. The molecular weight excluding hydrogens is 812 g/mol. The van der Waals surface area contributed by atoms with E-state index in [9.17, 15) is 0 Å². The van der Waals surface area contributed by atoms with Gasteiger partial charge in [0.15, 0.2) is 0 Å². The summed E-state index contributed by atoms with van der Waals surface area (Å²) in [6, 6.07) is 56.6. The van der Waals surface area contributed by atoms with E-state index in [1.807, 2.05) is 0 Å². The third-order valence-electron chi connectivity index (χ3n) is 14.8. The molecule has 2 aromatic heterocycles. The summed E-state index contributed by atoms with van der Waals surface area (Å²) >= 11 is 0. The lowest BCUT2D eigenvalue weighted by Gasteiger charge is -2.34. The van der Waals surface area contributed by atoms with Crippen LogP contribution in [0.1, 0.15) is 74.9 Å². The molecule has 326 valence electrons. The Morgan fingerprint density at radius 3 is 1.18 bits per heavy atom. The summed E-state index contributed by atoms with van der Waals surface area (Å²) in [5, 5.41) is 14.1. The van der Waals surface area contributed by atoms with Crippen LogP contribution in [0.4, 0.5) is 0 Å². The van der Waals surface area contributed by atoms with Crippen molar-refractivity contribution in [1.29, 1.82) is 0 Å². The highest BCUT2D eigenvalue weighted by Gasteiger charge is 2.43. The molecule has 8 aromatic carbocycles. The number of aryl methyl sites for hydroxylation is 4. The predicted octanol–water partition coefficient (Wildman–Crippen LogP) is 13.7. The number of fused-ring (bicyclic) bond motifs is 4. The minimum atomic E-state index is -0.110. The van der Waals surface area contributed by atoms with Gasteiger partial charge >= 0.3 is 0 Å². The standard InChI is InChI=1S/C62H55BN4/c1-36-20-17-21-37(2)53(36)57-47-32-43(61(5,6)7)34-49-59(47)66(64-57)51-30-42(55-45(40-24-13-11-14-25-40)28-19-29-46(55)41-26-15-12-16-27-41)31-52-56(51)63(49)50-35-44(62(8,9)10)33-48-58(65-67(52)60(48)50)54-38(3)22-18-23-39(54)4/h11-35H,1-10H3. The van der Waals surface area contributed by atoms with Crippen LogP contribution >= 0.6 is 0 Å². The van der Waals surface area contributed by atoms with Crippen LogP contribution in [-0.2, 0) is 10.8 Å². The maximum atomic E-state index is 5.83. The van der Waals surface area contributed by atoms with Gasteiger partial charge in [0.2, 0.25) is 0 Å². The fourth-order valence-electron chi connectivity index (χ4n) is 11.4. The molecule has 0 fully saturated rings. The van der Waals surface area contributed by atoms with Crippen molar-refractivity contribution < 1.29 is 0 Å². The summed E-state index contributed by atoms with van der Waals surface area (Å²) in [5.41, 5.74) is 27.3. The van der Waals surface area contributed by atoms with E-state index in [0.29, 0.717) is 0 Å². The topological polar surface area (TPSA) is 35.6 Å². The molecule has 2 aliphatic heterocycles. The largest absolute Gasteiger partial charge is 0.252 e. The van der Waals surface area contributed by atoms with Gasteiger partial charge in [-0.3, -0.25) is 0 Å². The number of benzene rings is 8. The summed E-state index contributed by atoms with van der Waals surface area (Å²) in [5.74, 6) is 0. The predicted molar refractivity (Wildman–Crippen MR) is 284 cm³/mol. The Bertz CT molecular complexity index is 3410. The van der Waals surface area contributed by atoms with Gasteiger partial charge in [-0.05, 0) is 146 Å². The Labute approximate surface area is 395 Å². The van der Waals surface area contributed by atoms with Crippen molar-refractivity contribution in [3.05, 3.63) is 185 Å². The molecule has 10 aromatic rings. The van der Waals surface area contributed by atoms with Crippen LogP contribution in [0.25, 0.3) is 89.1 Å². The molecule has 0 radical (unpaired) electrons. The van der Waals surface area contributed by atoms with Crippen LogP contribution in [0.2, 0.25) is 0 Å². The number of hydrogen-bond acceptors (Lipinski definition) is 2. The van der Waals surface area contributed by atoms with Crippen LogP contribution in [0.3, 0.4) is 0 Å². The van der Waals surface area contributed by atoms with Gasteiger partial charge in [0.1, 0.15) is 11.4 Å². The van der Waals surface area contributed by atoms with Crippen molar-refractivity contribution in [2.24, 2.45) is 0 Å². The number of nitrogens with zero attached hydrogens (tertiary/aromatic N) is 4. The molecule has 67 heavy (non-hydrogen) atoms. The first kappa shape index (κ1) is 41.2. The van der Waals surface area contributed by atoms with Gasteiger partial charge in [0.25, 0.3) is 6.71 Å². The molecule has 0 saturated heterocycles. The Morgan fingerprint density at radius 2 is 0.791 bits per heavy atom. The van der Waals surface area contributed by atoms with E-state index in [4.69, 9.17) is 10.2 Å². The molecule has 4 nitrogen and oxygen atoms in total. The third-order valence-corrected chi connectivity index (χ3v) is 14.8. The van der Waals surface area contributed by atoms with E-state index in [1.54, 1.807) is 0 Å². The zero-order chi connectivity index (χ0) is 46.3. The Hall–Kier alpha value is -7.24. The van der Waals surface area contributed by atoms with Crippen LogP contribution in [0.15, 0.2) is 152 Å². The second-order valence-electron chi connectivity index (χ2n) is 21.3. The second-order valence-corrected chi connectivity index (χ2v) is 21.3. The molecule has 2 aliphatic rings. The van der Waals surface area contributed by atoms with Crippen molar-refractivity contribution in [3.8, 4) is 67.3 Å². The maximum absolute atomic E-state index is 5.83. The van der Waals surface area contributed by atoms with Crippen LogP contribution in [-0.4, -0.2) is 26.3 Å². The molecule has 4 heterocycles. The fourth-order valence-corrected chi connectivity index (χ4v) is 11.4. The average molecular weight is 867 g/mol. The molecule has 0 saturated carbocycles. The smallest absolute Gasteiger partial charge is 0.233 e. The van der Waals surface area contributed by atoms with Gasteiger partial charge in [0.05, 0.1) is 22.4 Å². The van der Waals surface area contributed by atoms with Crippen LogP contribution in [0.5, 0.6) is 0 Å². The van der Waals surface area contributed by atoms with E-state index in [-0.39, 0.29) is 17.5 Å². The SMILES string of the molecule is Cc1cccc(C)c1-c1nn2c3c(cc(C(C)(C)C)cc13)B1c3c-2cc(-c2c(-c4ccccc4)cccc2-c2ccccc2)cc3-n2nc(-c3c(C)cccc3C)c3cc(C(C)(C)C)cc1c32. The summed E-state index contributed by atoms with van der Waals surface area (Å²) in [7, 11) is 0. The molecule has 12 rings (SSSR count). The van der Waals surface area contributed by atoms with E-state index in [1.165, 1.54) is 111 Å². The second kappa shape index (κ2) is 14.6. The average Bonchev–Trinajstić information content (AvgIpc) is 3.88. The van der Waals surface area contributed by atoms with Crippen molar-refractivity contribution in [2.75, 3.05) is 0 Å². The molecule has 0 N–H and O–H groups in total. The first-order valence-electron chi connectivity index (χ1n) is 23.9. The lowest BCUT2D eigenvalue weighted by molar-refractivity contribution is 0.591. The highest BCUT2D eigenvalue weighted by atomic mass is 15.3. The minimum Gasteiger partial charge on any atom is -0.233 e. The number of aromatic nitrogens is 4. The molecule has 0 aliphatic carbocycles. The van der Waals surface area contributed by atoms with Gasteiger partial charge in [-0.25, -0.2) is 9.36 Å². The van der Waals surface area contributed by atoms with Gasteiger partial charge in [-0.2, -0.15) is 10.2 Å². The van der Waals surface area contributed by atoms with Gasteiger partial charge in [-0.1, -0.05) is 169 Å². The third kappa shape index (κ3) is 6.20. The highest BCUT2D eigenvalue weighted by molar-refractivity contribution is 7.00. The van der Waals surface area contributed by atoms with E-state index < -0.39 is 0 Å². The molecule has 0 unspecified atom stereocenters. The van der Waals surface area contributed by atoms with E-state index in [0.717, 1.165) is 28.3 Å². The normalized spacial score (nSPS) is 12.9. The van der Waals surface area contributed by atoms with Gasteiger partial charge < -0.3 is 0 Å². The van der Waals surface area contributed by atoms with Gasteiger partial charge in [0, 0.05) is 21.9 Å². The fraction of sp³-hybridized carbons (Fsp3) is 0.194. The van der Waals surface area contributed by atoms with Crippen LogP contribution < -0.4 is 16.4 Å². The first-order chi connectivity index (χ1) is 32.2. The first-order valence-corrected chi connectivity index (χ1v) is 23.9. The van der Waals surface area contributed by atoms with Crippen molar-refractivity contribution in [3.63, 3.8) is 0 Å². The van der Waals surface area contributed by atoms with Crippen molar-refractivity contribution >= 4 is 44.9 Å². The summed E-state index contributed by atoms with van der Waals surface area (Å²) in [6.45, 7) is 22.9. The van der Waals surface area contributed by atoms with Crippen LogP contribution in [0, 0.1) is 27.7 Å². The molecule has 0 atom stereocenters. The molecule has 5 heteroatoms.